The van der Waals surface area contributed by atoms with Crippen molar-refractivity contribution in [1.82, 2.24) is 24.7 Å². The zero-order chi connectivity index (χ0) is 20.8. The highest BCUT2D eigenvalue weighted by Gasteiger charge is 2.15. The number of halogens is 1. The largest absolute Gasteiger partial charge is 0.382 e. The summed E-state index contributed by atoms with van der Waals surface area (Å²) in [5.41, 5.74) is 3.04. The molecule has 3 heterocycles. The summed E-state index contributed by atoms with van der Waals surface area (Å²) in [5, 5.41) is 11.5. The van der Waals surface area contributed by atoms with E-state index in [0.29, 0.717) is 11.6 Å². The number of rotatable bonds is 9. The molecule has 0 aliphatic carbocycles. The molecule has 0 unspecified atom stereocenters. The fourth-order valence-corrected chi connectivity index (χ4v) is 4.40. The van der Waals surface area contributed by atoms with Gasteiger partial charge in [-0.3, -0.25) is 9.97 Å². The third-order valence-corrected chi connectivity index (χ3v) is 6.03. The first kappa shape index (κ1) is 20.8. The summed E-state index contributed by atoms with van der Waals surface area (Å²) in [4.78, 5) is 8.64. The maximum absolute atomic E-state index is 6.34. The smallest absolute Gasteiger partial charge is 0.191 e. The summed E-state index contributed by atoms with van der Waals surface area (Å²) in [6, 6.07) is 11.8. The lowest BCUT2D eigenvalue weighted by Gasteiger charge is -2.11. The van der Waals surface area contributed by atoms with Crippen LogP contribution in [0.3, 0.4) is 0 Å². The van der Waals surface area contributed by atoms with E-state index in [9.17, 15) is 0 Å². The molecular weight excluding hydrogens is 418 g/mol. The van der Waals surface area contributed by atoms with Gasteiger partial charge in [-0.1, -0.05) is 29.4 Å². The Morgan fingerprint density at radius 2 is 1.93 bits per heavy atom. The van der Waals surface area contributed by atoms with Gasteiger partial charge in [0.25, 0.3) is 0 Å². The number of fused-ring (bicyclic) bond motifs is 1. The lowest BCUT2D eigenvalue weighted by Crippen LogP contribution is -2.06. The quantitative estimate of drug-likeness (QED) is 0.262. The van der Waals surface area contributed by atoms with E-state index >= 15 is 0 Å². The Labute approximate surface area is 184 Å². The SMILES string of the molecule is CCOCCCn1c(SCc2ccc(Cl)c3cccnc23)nnc1-c1ccncc1. The number of hydrogen-bond donors (Lipinski definition) is 0. The van der Waals surface area contributed by atoms with Crippen molar-refractivity contribution < 1.29 is 4.74 Å². The summed E-state index contributed by atoms with van der Waals surface area (Å²) in [7, 11) is 0. The van der Waals surface area contributed by atoms with Gasteiger partial charge < -0.3 is 9.30 Å². The predicted octanol–water partition coefficient (Wildman–Crippen LogP) is 5.26. The molecule has 6 nitrogen and oxygen atoms in total. The van der Waals surface area contributed by atoms with Crippen molar-refractivity contribution in [2.75, 3.05) is 13.2 Å². The third kappa shape index (κ3) is 4.64. The minimum atomic E-state index is 0.709. The summed E-state index contributed by atoms with van der Waals surface area (Å²) in [6.45, 7) is 4.22. The van der Waals surface area contributed by atoms with E-state index in [0.717, 1.165) is 58.3 Å². The number of aromatic nitrogens is 5. The second-order valence-corrected chi connectivity index (χ2v) is 7.99. The van der Waals surface area contributed by atoms with E-state index in [-0.39, 0.29) is 0 Å². The first-order chi connectivity index (χ1) is 14.8. The topological polar surface area (TPSA) is 65.7 Å². The fourth-order valence-electron chi connectivity index (χ4n) is 3.24. The van der Waals surface area contributed by atoms with E-state index in [1.54, 1.807) is 30.4 Å². The van der Waals surface area contributed by atoms with Gasteiger partial charge in [-0.2, -0.15) is 0 Å². The molecule has 30 heavy (non-hydrogen) atoms. The Kier molecular flexibility index (Phi) is 6.94. The maximum Gasteiger partial charge on any atom is 0.191 e. The van der Waals surface area contributed by atoms with Crippen LogP contribution in [0.15, 0.2) is 60.1 Å². The highest BCUT2D eigenvalue weighted by atomic mass is 35.5. The molecule has 0 radical (unpaired) electrons. The Balaban J connectivity index is 1.59. The van der Waals surface area contributed by atoms with Crippen molar-refractivity contribution in [3.63, 3.8) is 0 Å². The predicted molar refractivity (Wildman–Crippen MR) is 121 cm³/mol. The molecule has 154 valence electrons. The van der Waals surface area contributed by atoms with Crippen LogP contribution in [0.4, 0.5) is 0 Å². The summed E-state index contributed by atoms with van der Waals surface area (Å²) >= 11 is 7.99. The van der Waals surface area contributed by atoms with Crippen LogP contribution in [-0.4, -0.2) is 37.9 Å². The van der Waals surface area contributed by atoms with Gasteiger partial charge in [-0.25, -0.2) is 0 Å². The van der Waals surface area contributed by atoms with Gasteiger partial charge in [-0.15, -0.1) is 10.2 Å². The number of ether oxygens (including phenoxy) is 1. The van der Waals surface area contributed by atoms with Crippen LogP contribution in [0.1, 0.15) is 18.9 Å². The van der Waals surface area contributed by atoms with Crippen molar-refractivity contribution in [1.29, 1.82) is 0 Å². The molecule has 8 heteroatoms. The summed E-state index contributed by atoms with van der Waals surface area (Å²) in [5.74, 6) is 1.57. The second-order valence-electron chi connectivity index (χ2n) is 6.64. The van der Waals surface area contributed by atoms with Crippen LogP contribution in [0.5, 0.6) is 0 Å². The first-order valence-electron chi connectivity index (χ1n) is 9.84. The molecule has 0 saturated heterocycles. The van der Waals surface area contributed by atoms with Crippen molar-refractivity contribution >= 4 is 34.3 Å². The van der Waals surface area contributed by atoms with Gasteiger partial charge in [0.1, 0.15) is 0 Å². The number of thioether (sulfide) groups is 1. The lowest BCUT2D eigenvalue weighted by atomic mass is 10.1. The third-order valence-electron chi connectivity index (χ3n) is 4.69. The zero-order valence-electron chi connectivity index (χ0n) is 16.7. The van der Waals surface area contributed by atoms with E-state index < -0.39 is 0 Å². The summed E-state index contributed by atoms with van der Waals surface area (Å²) < 4.78 is 7.67. The maximum atomic E-state index is 6.34. The number of nitrogens with zero attached hydrogens (tertiary/aromatic N) is 5. The molecule has 0 bridgehead atoms. The number of benzene rings is 1. The normalized spacial score (nSPS) is 11.3. The van der Waals surface area contributed by atoms with Gasteiger partial charge in [0.05, 0.1) is 5.52 Å². The molecule has 0 aliphatic heterocycles. The van der Waals surface area contributed by atoms with Crippen molar-refractivity contribution in [3.05, 3.63) is 65.6 Å². The van der Waals surface area contributed by atoms with Crippen LogP contribution < -0.4 is 0 Å². The molecule has 1 aromatic carbocycles. The van der Waals surface area contributed by atoms with Crippen LogP contribution in [-0.2, 0) is 17.0 Å². The zero-order valence-corrected chi connectivity index (χ0v) is 18.2. The standard InChI is InChI=1S/C22H22ClN5OS/c1-2-29-14-4-13-28-21(16-8-11-24-12-9-16)26-27-22(28)30-15-17-6-7-19(23)18-5-3-10-25-20(17)18/h3,5-12H,2,4,13-15H2,1H3. The van der Waals surface area contributed by atoms with Crippen molar-refractivity contribution in [2.45, 2.75) is 30.8 Å². The molecule has 0 fully saturated rings. The van der Waals surface area contributed by atoms with Gasteiger partial charge >= 0.3 is 0 Å². The van der Waals surface area contributed by atoms with E-state index in [4.69, 9.17) is 16.3 Å². The Bertz CT molecular complexity index is 1120. The Morgan fingerprint density at radius 1 is 1.07 bits per heavy atom. The molecule has 0 amide bonds. The molecule has 0 aliphatic rings. The van der Waals surface area contributed by atoms with Crippen molar-refractivity contribution in [3.8, 4) is 11.4 Å². The number of hydrogen-bond acceptors (Lipinski definition) is 6. The Hall–Kier alpha value is -2.48. The minimum Gasteiger partial charge on any atom is -0.382 e. The molecular formula is C22H22ClN5OS. The van der Waals surface area contributed by atoms with Gasteiger partial charge in [0.2, 0.25) is 0 Å². The van der Waals surface area contributed by atoms with E-state index in [1.807, 2.05) is 43.3 Å². The molecule has 0 saturated carbocycles. The average Bonchev–Trinajstić information content (AvgIpc) is 3.20. The van der Waals surface area contributed by atoms with E-state index in [2.05, 4.69) is 24.7 Å². The highest BCUT2D eigenvalue weighted by Crippen LogP contribution is 2.31. The summed E-state index contributed by atoms with van der Waals surface area (Å²) in [6.07, 6.45) is 6.23. The van der Waals surface area contributed by atoms with Gasteiger partial charge in [-0.05, 0) is 49.2 Å². The lowest BCUT2D eigenvalue weighted by molar-refractivity contribution is 0.141. The fraction of sp³-hybridized carbons (Fsp3) is 0.273. The number of pyridine rings is 2. The van der Waals surface area contributed by atoms with Gasteiger partial charge in [0.15, 0.2) is 11.0 Å². The minimum absolute atomic E-state index is 0.709. The molecule has 4 aromatic rings. The molecule has 4 rings (SSSR count). The van der Waals surface area contributed by atoms with Crippen LogP contribution in [0, 0.1) is 0 Å². The monoisotopic (exact) mass is 439 g/mol. The Morgan fingerprint density at radius 3 is 2.77 bits per heavy atom. The van der Waals surface area contributed by atoms with Crippen LogP contribution >= 0.6 is 23.4 Å². The van der Waals surface area contributed by atoms with Crippen molar-refractivity contribution in [2.24, 2.45) is 0 Å². The highest BCUT2D eigenvalue weighted by molar-refractivity contribution is 7.98. The molecule has 0 atom stereocenters. The van der Waals surface area contributed by atoms with Gasteiger partial charge in [0, 0.05) is 60.1 Å². The molecule has 0 N–H and O–H groups in total. The average molecular weight is 440 g/mol. The van der Waals surface area contributed by atoms with Crippen LogP contribution in [0.2, 0.25) is 5.02 Å². The molecule has 3 aromatic heterocycles. The van der Waals surface area contributed by atoms with Crippen LogP contribution in [0.25, 0.3) is 22.3 Å². The van der Waals surface area contributed by atoms with E-state index in [1.165, 1.54) is 0 Å². The second kappa shape index (κ2) is 10.0. The molecule has 0 spiro atoms. The first-order valence-corrected chi connectivity index (χ1v) is 11.2.